The molecule has 0 fully saturated rings. The first-order valence-corrected chi connectivity index (χ1v) is 15.4. The molecule has 0 radical (unpaired) electrons. The predicted octanol–water partition coefficient (Wildman–Crippen LogP) is 8.30. The van der Waals surface area contributed by atoms with E-state index in [1.54, 1.807) is 0 Å². The highest BCUT2D eigenvalue weighted by Gasteiger charge is 2.29. The van der Waals surface area contributed by atoms with Crippen molar-refractivity contribution < 1.29 is 9.16 Å². The van der Waals surface area contributed by atoms with Crippen LogP contribution in [0.25, 0.3) is 0 Å². The summed E-state index contributed by atoms with van der Waals surface area (Å²) >= 11 is 0. The van der Waals surface area contributed by atoms with Gasteiger partial charge in [0, 0.05) is 0 Å². The van der Waals surface area contributed by atoms with Crippen LogP contribution in [0.3, 0.4) is 0 Å². The Hall–Kier alpha value is -0.643. The molecular formula is C27H50O2Si. The normalized spacial score (nSPS) is 14.2. The number of unbranched alkanes of at least 4 members (excludes halogenated alkanes) is 8. The van der Waals surface area contributed by atoms with Gasteiger partial charge in [-0.2, -0.15) is 0 Å². The lowest BCUT2D eigenvalue weighted by Crippen LogP contribution is -2.36. The lowest BCUT2D eigenvalue weighted by atomic mass is 9.85. The molecule has 0 aliphatic carbocycles. The van der Waals surface area contributed by atoms with Crippen molar-refractivity contribution in [3.05, 3.63) is 35.9 Å². The molecule has 0 aliphatic rings. The summed E-state index contributed by atoms with van der Waals surface area (Å²) in [4.78, 5) is 0. The van der Waals surface area contributed by atoms with Gasteiger partial charge in [0.25, 0.3) is 0 Å². The summed E-state index contributed by atoms with van der Waals surface area (Å²) in [6, 6.07) is 10.6. The van der Waals surface area contributed by atoms with Gasteiger partial charge in [-0.25, -0.2) is 0 Å². The van der Waals surface area contributed by atoms with Gasteiger partial charge in [0.1, 0.15) is 0 Å². The molecule has 0 aromatic heterocycles. The minimum Gasteiger partial charge on any atom is -0.417 e. The molecule has 0 saturated heterocycles. The molecule has 2 atom stereocenters. The van der Waals surface area contributed by atoms with E-state index in [2.05, 4.69) is 71.1 Å². The van der Waals surface area contributed by atoms with Crippen LogP contribution in [-0.2, 0) is 15.8 Å². The summed E-state index contributed by atoms with van der Waals surface area (Å²) in [5, 5.41) is 0. The van der Waals surface area contributed by atoms with Gasteiger partial charge in [-0.15, -0.1) is 0 Å². The summed E-state index contributed by atoms with van der Waals surface area (Å²) in [7, 11) is -1.08. The molecule has 174 valence electrons. The van der Waals surface area contributed by atoms with E-state index in [0.29, 0.717) is 6.61 Å². The third-order valence-electron chi connectivity index (χ3n) is 5.84. The van der Waals surface area contributed by atoms with Crippen molar-refractivity contribution >= 4 is 9.04 Å². The van der Waals surface area contributed by atoms with E-state index in [9.17, 15) is 0 Å². The molecule has 1 aromatic rings. The van der Waals surface area contributed by atoms with Crippen LogP contribution in [0, 0.1) is 5.41 Å². The zero-order valence-electron chi connectivity index (χ0n) is 20.9. The van der Waals surface area contributed by atoms with Crippen molar-refractivity contribution in [2.75, 3.05) is 0 Å². The van der Waals surface area contributed by atoms with Crippen LogP contribution in [0.15, 0.2) is 30.3 Å². The van der Waals surface area contributed by atoms with E-state index in [1.165, 1.54) is 63.4 Å². The summed E-state index contributed by atoms with van der Waals surface area (Å²) in [5.41, 5.74) is 1.42. The largest absolute Gasteiger partial charge is 0.417 e. The molecule has 30 heavy (non-hydrogen) atoms. The van der Waals surface area contributed by atoms with E-state index < -0.39 is 9.04 Å². The molecule has 0 amide bonds. The van der Waals surface area contributed by atoms with Crippen molar-refractivity contribution in [1.29, 1.82) is 0 Å². The fourth-order valence-electron chi connectivity index (χ4n) is 3.92. The van der Waals surface area contributed by atoms with E-state index in [0.717, 1.165) is 12.8 Å². The van der Waals surface area contributed by atoms with E-state index in [-0.39, 0.29) is 17.6 Å². The fraction of sp³-hybridized carbons (Fsp3) is 0.778. The first-order valence-electron chi connectivity index (χ1n) is 12.6. The van der Waals surface area contributed by atoms with Crippen molar-refractivity contribution in [2.45, 2.75) is 130 Å². The summed E-state index contributed by atoms with van der Waals surface area (Å²) in [6.45, 7) is 14.5. The van der Waals surface area contributed by atoms with Crippen molar-refractivity contribution in [1.82, 2.24) is 0 Å². The van der Waals surface area contributed by atoms with Gasteiger partial charge in [-0.1, -0.05) is 116 Å². The van der Waals surface area contributed by atoms with Gasteiger partial charge in [0.2, 0.25) is 0 Å². The quantitative estimate of drug-likeness (QED) is 0.181. The minimum absolute atomic E-state index is 0.157. The van der Waals surface area contributed by atoms with Gasteiger partial charge >= 0.3 is 0 Å². The monoisotopic (exact) mass is 434 g/mol. The Balaban J connectivity index is 2.49. The second kappa shape index (κ2) is 16.1. The summed E-state index contributed by atoms with van der Waals surface area (Å²) in [5.74, 6) is 0. The number of rotatable bonds is 17. The molecule has 0 heterocycles. The Kier molecular flexibility index (Phi) is 14.7. The third-order valence-corrected chi connectivity index (χ3v) is 6.71. The smallest absolute Gasteiger partial charge is 0.171 e. The van der Waals surface area contributed by atoms with Crippen molar-refractivity contribution in [2.24, 2.45) is 5.41 Å². The topological polar surface area (TPSA) is 18.5 Å². The lowest BCUT2D eigenvalue weighted by Gasteiger charge is -2.35. The first-order chi connectivity index (χ1) is 14.3. The van der Waals surface area contributed by atoms with Gasteiger partial charge in [0.05, 0.1) is 18.8 Å². The number of benzene rings is 1. The molecule has 2 nitrogen and oxygen atoms in total. The average Bonchev–Trinajstić information content (AvgIpc) is 2.69. The van der Waals surface area contributed by atoms with Crippen LogP contribution in [0.2, 0.25) is 13.1 Å². The highest BCUT2D eigenvalue weighted by Crippen LogP contribution is 2.29. The van der Waals surface area contributed by atoms with E-state index in [1.807, 2.05) is 0 Å². The van der Waals surface area contributed by atoms with Gasteiger partial charge < -0.3 is 9.16 Å². The fourth-order valence-corrected chi connectivity index (χ4v) is 5.10. The van der Waals surface area contributed by atoms with E-state index >= 15 is 0 Å². The molecule has 0 spiro atoms. The van der Waals surface area contributed by atoms with Crippen LogP contribution in [0.5, 0.6) is 0 Å². The minimum atomic E-state index is -1.08. The van der Waals surface area contributed by atoms with Crippen LogP contribution in [0.4, 0.5) is 0 Å². The predicted molar refractivity (Wildman–Crippen MR) is 135 cm³/mol. The third kappa shape index (κ3) is 13.6. The highest BCUT2D eigenvalue weighted by atomic mass is 28.3. The standard InChI is InChI=1S/C27H50O2Si/c1-7-8-9-10-11-12-13-14-18-21-25(28-23-24-19-16-15-17-20-24)22-26(27(2,3)4)29-30(5)6/h15-17,19-20,25-26,30H,7-14,18,21-23H2,1-6H3. The molecule has 0 aliphatic heterocycles. The van der Waals surface area contributed by atoms with Crippen molar-refractivity contribution in [3.8, 4) is 0 Å². The number of hydrogen-bond acceptors (Lipinski definition) is 2. The molecule has 2 unspecified atom stereocenters. The zero-order valence-corrected chi connectivity index (χ0v) is 22.1. The Morgan fingerprint density at radius 1 is 0.833 bits per heavy atom. The number of ether oxygens (including phenoxy) is 1. The Morgan fingerprint density at radius 3 is 1.93 bits per heavy atom. The van der Waals surface area contributed by atoms with Gasteiger partial charge in [0.15, 0.2) is 9.04 Å². The maximum Gasteiger partial charge on any atom is 0.171 e. The Morgan fingerprint density at radius 2 is 1.40 bits per heavy atom. The second-order valence-corrected chi connectivity index (χ2v) is 12.7. The maximum absolute atomic E-state index is 6.45. The molecule has 0 N–H and O–H groups in total. The van der Waals surface area contributed by atoms with E-state index in [4.69, 9.17) is 9.16 Å². The molecule has 3 heteroatoms. The van der Waals surface area contributed by atoms with Crippen LogP contribution in [-0.4, -0.2) is 21.2 Å². The lowest BCUT2D eigenvalue weighted by molar-refractivity contribution is -0.0222. The van der Waals surface area contributed by atoms with Crippen molar-refractivity contribution in [3.63, 3.8) is 0 Å². The van der Waals surface area contributed by atoms with Crippen LogP contribution >= 0.6 is 0 Å². The summed E-state index contributed by atoms with van der Waals surface area (Å²) in [6.07, 6.45) is 15.1. The SMILES string of the molecule is CCCCCCCCCCCC(CC(O[SiH](C)C)C(C)(C)C)OCc1ccccc1. The second-order valence-electron chi connectivity index (χ2n) is 10.3. The van der Waals surface area contributed by atoms with Gasteiger partial charge in [-0.3, -0.25) is 0 Å². The molecule has 1 rings (SSSR count). The molecule has 0 saturated carbocycles. The maximum atomic E-state index is 6.45. The van der Waals surface area contributed by atoms with Gasteiger partial charge in [-0.05, 0) is 36.9 Å². The van der Waals surface area contributed by atoms with Crippen LogP contribution in [0.1, 0.15) is 104 Å². The molecule has 1 aromatic carbocycles. The number of hydrogen-bond donors (Lipinski definition) is 0. The summed E-state index contributed by atoms with van der Waals surface area (Å²) < 4.78 is 12.9. The highest BCUT2D eigenvalue weighted by molar-refractivity contribution is 6.48. The first kappa shape index (κ1) is 27.4. The van der Waals surface area contributed by atoms with Crippen LogP contribution < -0.4 is 0 Å². The Labute approximate surface area is 189 Å². The molecule has 0 bridgehead atoms. The average molecular weight is 435 g/mol. The zero-order chi connectivity index (χ0) is 22.2. The molecular weight excluding hydrogens is 384 g/mol. The Bertz CT molecular complexity index is 509.